The van der Waals surface area contributed by atoms with Crippen LogP contribution in [-0.4, -0.2) is 32.5 Å². The van der Waals surface area contributed by atoms with E-state index in [0.29, 0.717) is 23.3 Å². The van der Waals surface area contributed by atoms with Gasteiger partial charge in [0.1, 0.15) is 11.6 Å². The van der Waals surface area contributed by atoms with E-state index in [2.05, 4.69) is 0 Å². The Morgan fingerprint density at radius 3 is 2.27 bits per heavy atom. The van der Waals surface area contributed by atoms with Gasteiger partial charge in [0.2, 0.25) is 0 Å². The summed E-state index contributed by atoms with van der Waals surface area (Å²) in [6.45, 7) is 5.37. The average Bonchev–Trinajstić information content (AvgIpc) is 3.27. The van der Waals surface area contributed by atoms with Crippen molar-refractivity contribution in [2.45, 2.75) is 33.2 Å². The second-order valence-corrected chi connectivity index (χ2v) is 7.99. The fourth-order valence-corrected chi connectivity index (χ4v) is 3.86. The Bertz CT molecular complexity index is 1310. The topological polar surface area (TPSA) is 79.0 Å². The number of carbonyl (C=O) groups excluding carboxylic acids is 2. The molecule has 0 saturated heterocycles. The molecule has 1 aliphatic rings. The third kappa shape index (κ3) is 4.01. The van der Waals surface area contributed by atoms with Crippen LogP contribution in [0.2, 0.25) is 0 Å². The molecule has 2 heterocycles. The van der Waals surface area contributed by atoms with Crippen molar-refractivity contribution in [3.8, 4) is 23.0 Å². The highest BCUT2D eigenvalue weighted by atomic mass is 16.2. The molecular formula is C27H24N4O2. The predicted octanol–water partition coefficient (Wildman–Crippen LogP) is 4.93. The molecule has 2 aromatic carbocycles. The summed E-state index contributed by atoms with van der Waals surface area (Å²) in [4.78, 5) is 27.4. The van der Waals surface area contributed by atoms with Crippen molar-refractivity contribution < 1.29 is 9.59 Å². The van der Waals surface area contributed by atoms with E-state index in [9.17, 15) is 14.9 Å². The third-order valence-corrected chi connectivity index (χ3v) is 5.91. The molecule has 0 saturated carbocycles. The maximum Gasteiger partial charge on any atom is 0.271 e. The first-order chi connectivity index (χ1) is 16.0. The second-order valence-electron chi connectivity index (χ2n) is 7.99. The van der Waals surface area contributed by atoms with E-state index in [1.807, 2.05) is 86.8 Å². The summed E-state index contributed by atoms with van der Waals surface area (Å²) in [6, 6.07) is 21.1. The lowest BCUT2D eigenvalue weighted by atomic mass is 9.92. The highest BCUT2D eigenvalue weighted by molar-refractivity contribution is 6.20. The normalized spacial score (nSPS) is 16.3. The van der Waals surface area contributed by atoms with Gasteiger partial charge in [0.25, 0.3) is 11.8 Å². The van der Waals surface area contributed by atoms with Crippen molar-refractivity contribution in [3.05, 3.63) is 89.1 Å². The lowest BCUT2D eigenvalue weighted by Crippen LogP contribution is -2.47. The second kappa shape index (κ2) is 9.09. The Labute approximate surface area is 193 Å². The van der Waals surface area contributed by atoms with Crippen molar-refractivity contribution in [1.82, 2.24) is 14.7 Å². The van der Waals surface area contributed by atoms with E-state index in [1.54, 1.807) is 17.7 Å². The number of rotatable bonds is 5. The molecule has 6 heteroatoms. The van der Waals surface area contributed by atoms with Crippen LogP contribution in [0.3, 0.4) is 0 Å². The molecule has 33 heavy (non-hydrogen) atoms. The van der Waals surface area contributed by atoms with Crippen LogP contribution in [0.5, 0.6) is 0 Å². The Balaban J connectivity index is 1.92. The Morgan fingerprint density at radius 1 is 1.03 bits per heavy atom. The first kappa shape index (κ1) is 22.0. The number of nitrogens with zero attached hydrogens (tertiary/aromatic N) is 4. The van der Waals surface area contributed by atoms with Gasteiger partial charge >= 0.3 is 0 Å². The molecule has 6 nitrogen and oxygen atoms in total. The van der Waals surface area contributed by atoms with Gasteiger partial charge in [0, 0.05) is 28.9 Å². The molecule has 0 bridgehead atoms. The molecule has 0 N–H and O–H groups in total. The number of hydrogen-bond donors (Lipinski definition) is 0. The lowest BCUT2D eigenvalue weighted by Gasteiger charge is -2.31. The van der Waals surface area contributed by atoms with E-state index in [-0.39, 0.29) is 11.6 Å². The van der Waals surface area contributed by atoms with E-state index >= 15 is 0 Å². The summed E-state index contributed by atoms with van der Waals surface area (Å²) in [7, 11) is 0. The van der Waals surface area contributed by atoms with Gasteiger partial charge in [-0.05, 0) is 44.1 Å². The van der Waals surface area contributed by atoms with E-state index < -0.39 is 11.8 Å². The standard InChI is InChI=1S/C27H24N4O2/c1-4-18(2)31-26(32)23(19(3)24(16-28)27(31)33)15-21-17-30(22-13-9-6-10-14-22)29-25(21)20-11-7-5-8-12-20/h5-15,17-18H,4H2,1-3H3/b23-15+. The summed E-state index contributed by atoms with van der Waals surface area (Å²) in [5.41, 5.74) is 3.93. The summed E-state index contributed by atoms with van der Waals surface area (Å²) < 4.78 is 1.77. The Kier molecular flexibility index (Phi) is 6.05. The maximum atomic E-state index is 13.4. The Hall–Kier alpha value is -4.24. The van der Waals surface area contributed by atoms with Gasteiger partial charge in [-0.2, -0.15) is 10.4 Å². The number of aromatic nitrogens is 2. The van der Waals surface area contributed by atoms with Crippen molar-refractivity contribution >= 4 is 17.9 Å². The van der Waals surface area contributed by atoms with Crippen LogP contribution in [0.4, 0.5) is 0 Å². The van der Waals surface area contributed by atoms with Crippen LogP contribution < -0.4 is 0 Å². The lowest BCUT2D eigenvalue weighted by molar-refractivity contribution is -0.142. The maximum absolute atomic E-state index is 13.4. The summed E-state index contributed by atoms with van der Waals surface area (Å²) in [5.74, 6) is -0.924. The van der Waals surface area contributed by atoms with Crippen LogP contribution in [0.1, 0.15) is 32.8 Å². The fraction of sp³-hybridized carbons (Fsp3) is 0.185. The number of carbonyl (C=O) groups is 2. The van der Waals surface area contributed by atoms with Gasteiger partial charge in [0.15, 0.2) is 0 Å². The van der Waals surface area contributed by atoms with E-state index in [4.69, 9.17) is 5.10 Å². The molecule has 1 aromatic heterocycles. The van der Waals surface area contributed by atoms with Crippen molar-refractivity contribution in [3.63, 3.8) is 0 Å². The average molecular weight is 437 g/mol. The number of imide groups is 1. The van der Waals surface area contributed by atoms with Gasteiger partial charge < -0.3 is 0 Å². The van der Waals surface area contributed by atoms with Crippen molar-refractivity contribution in [2.75, 3.05) is 0 Å². The number of benzene rings is 2. The van der Waals surface area contributed by atoms with Crippen LogP contribution >= 0.6 is 0 Å². The van der Waals surface area contributed by atoms with Crippen molar-refractivity contribution in [2.24, 2.45) is 0 Å². The molecule has 0 aliphatic carbocycles. The molecule has 3 aromatic rings. The molecule has 0 radical (unpaired) electrons. The van der Waals surface area contributed by atoms with Gasteiger partial charge in [-0.25, -0.2) is 4.68 Å². The van der Waals surface area contributed by atoms with Crippen molar-refractivity contribution in [1.29, 1.82) is 5.26 Å². The zero-order valence-electron chi connectivity index (χ0n) is 18.8. The smallest absolute Gasteiger partial charge is 0.271 e. The van der Waals surface area contributed by atoms with Gasteiger partial charge in [-0.1, -0.05) is 55.5 Å². The first-order valence-electron chi connectivity index (χ1n) is 10.9. The quantitative estimate of drug-likeness (QED) is 0.420. The van der Waals surface area contributed by atoms with Crippen LogP contribution in [-0.2, 0) is 9.59 Å². The minimum Gasteiger partial charge on any atom is -0.271 e. The number of para-hydroxylation sites is 1. The minimum absolute atomic E-state index is 0.00198. The van der Waals surface area contributed by atoms with Gasteiger partial charge in [-0.3, -0.25) is 14.5 Å². The fourth-order valence-electron chi connectivity index (χ4n) is 3.86. The molecule has 1 atom stereocenters. The largest absolute Gasteiger partial charge is 0.271 e. The first-order valence-corrected chi connectivity index (χ1v) is 10.9. The molecule has 4 rings (SSSR count). The van der Waals surface area contributed by atoms with Gasteiger partial charge in [0.05, 0.1) is 11.4 Å². The number of hydrogen-bond acceptors (Lipinski definition) is 4. The highest BCUT2D eigenvalue weighted by Crippen LogP contribution is 2.32. The minimum atomic E-state index is -0.533. The highest BCUT2D eigenvalue weighted by Gasteiger charge is 2.37. The van der Waals surface area contributed by atoms with E-state index in [0.717, 1.165) is 16.8 Å². The Morgan fingerprint density at radius 2 is 1.67 bits per heavy atom. The molecule has 1 aliphatic heterocycles. The SMILES string of the molecule is CCC(C)N1C(=O)C(C#N)=C(C)/C(=C\c2cn(-c3ccccc3)nc2-c2ccccc2)C1=O. The molecule has 0 spiro atoms. The number of amides is 2. The zero-order valence-corrected chi connectivity index (χ0v) is 18.8. The monoisotopic (exact) mass is 436 g/mol. The summed E-state index contributed by atoms with van der Waals surface area (Å²) >= 11 is 0. The molecule has 164 valence electrons. The molecule has 2 amide bonds. The third-order valence-electron chi connectivity index (χ3n) is 5.91. The molecule has 1 unspecified atom stereocenters. The zero-order chi connectivity index (χ0) is 23.5. The van der Waals surface area contributed by atoms with Crippen LogP contribution in [0.15, 0.2) is 83.6 Å². The van der Waals surface area contributed by atoms with E-state index in [1.165, 1.54) is 4.90 Å². The number of nitriles is 1. The summed E-state index contributed by atoms with van der Waals surface area (Å²) in [5, 5.41) is 14.4. The van der Waals surface area contributed by atoms with Crippen LogP contribution in [0.25, 0.3) is 23.0 Å². The predicted molar refractivity (Wildman–Crippen MR) is 127 cm³/mol. The van der Waals surface area contributed by atoms with Gasteiger partial charge in [-0.15, -0.1) is 0 Å². The molecule has 0 fully saturated rings. The summed E-state index contributed by atoms with van der Waals surface area (Å²) in [6.07, 6.45) is 4.20. The van der Waals surface area contributed by atoms with Crippen LogP contribution in [0, 0.1) is 11.3 Å². The molecular weight excluding hydrogens is 412 g/mol.